The topological polar surface area (TPSA) is 60.7 Å². The molecule has 2 aromatic rings. The van der Waals surface area contributed by atoms with Crippen LogP contribution < -0.4 is 10.6 Å². The first-order chi connectivity index (χ1) is 9.22. The molecule has 0 radical (unpaired) electrons. The van der Waals surface area contributed by atoms with Gasteiger partial charge in [-0.05, 0) is 43.7 Å². The smallest absolute Gasteiger partial charge is 0.132 e. The molecule has 96 valence electrons. The van der Waals surface area contributed by atoms with E-state index in [0.717, 1.165) is 29.4 Å². The summed E-state index contributed by atoms with van der Waals surface area (Å²) in [4.78, 5) is 4.45. The lowest BCUT2D eigenvalue weighted by molar-refractivity contribution is 1.16. The fourth-order valence-electron chi connectivity index (χ4n) is 1.75. The molecule has 4 heteroatoms. The zero-order valence-corrected chi connectivity index (χ0v) is 11.1. The second-order valence-corrected chi connectivity index (χ2v) is 4.20. The third kappa shape index (κ3) is 3.23. The summed E-state index contributed by atoms with van der Waals surface area (Å²) in [6, 6.07) is 13.5. The number of aromatic nitrogens is 1. The summed E-state index contributed by atoms with van der Waals surface area (Å²) < 4.78 is 0. The molecule has 1 heterocycles. The van der Waals surface area contributed by atoms with Crippen molar-refractivity contribution < 1.29 is 0 Å². The van der Waals surface area contributed by atoms with E-state index in [2.05, 4.69) is 21.7 Å². The Hall–Kier alpha value is -2.54. The number of hydrogen-bond acceptors (Lipinski definition) is 4. The lowest BCUT2D eigenvalue weighted by Gasteiger charge is -2.10. The largest absolute Gasteiger partial charge is 0.370 e. The molecular formula is C15H16N4. The van der Waals surface area contributed by atoms with Gasteiger partial charge in [0.15, 0.2) is 0 Å². The van der Waals surface area contributed by atoms with Gasteiger partial charge >= 0.3 is 0 Å². The number of nitrogens with one attached hydrogen (secondary N) is 2. The summed E-state index contributed by atoms with van der Waals surface area (Å²) >= 11 is 0. The third-order valence-corrected chi connectivity index (χ3v) is 2.74. The molecule has 0 fully saturated rings. The van der Waals surface area contributed by atoms with Crippen molar-refractivity contribution >= 4 is 17.3 Å². The summed E-state index contributed by atoms with van der Waals surface area (Å²) in [7, 11) is 0. The van der Waals surface area contributed by atoms with Crippen molar-refractivity contribution in [2.75, 3.05) is 17.2 Å². The van der Waals surface area contributed by atoms with E-state index in [9.17, 15) is 0 Å². The number of rotatable bonds is 4. The van der Waals surface area contributed by atoms with Gasteiger partial charge in [-0.3, -0.25) is 0 Å². The molecule has 0 saturated carbocycles. The molecule has 19 heavy (non-hydrogen) atoms. The number of benzene rings is 1. The molecule has 2 rings (SSSR count). The van der Waals surface area contributed by atoms with E-state index in [1.807, 2.05) is 50.2 Å². The van der Waals surface area contributed by atoms with Crippen LogP contribution in [-0.2, 0) is 0 Å². The van der Waals surface area contributed by atoms with Gasteiger partial charge in [0.25, 0.3) is 0 Å². The minimum Gasteiger partial charge on any atom is -0.370 e. The fourth-order valence-corrected chi connectivity index (χ4v) is 1.75. The Bertz CT molecular complexity index is 614. The number of hydrogen-bond donors (Lipinski definition) is 2. The van der Waals surface area contributed by atoms with Crippen molar-refractivity contribution in [1.82, 2.24) is 4.98 Å². The molecule has 0 spiro atoms. The predicted molar refractivity (Wildman–Crippen MR) is 77.6 cm³/mol. The van der Waals surface area contributed by atoms with Crippen molar-refractivity contribution in [3.63, 3.8) is 0 Å². The van der Waals surface area contributed by atoms with Gasteiger partial charge in [-0.2, -0.15) is 5.26 Å². The van der Waals surface area contributed by atoms with Crippen LogP contribution in [-0.4, -0.2) is 11.5 Å². The Morgan fingerprint density at radius 1 is 1.21 bits per heavy atom. The molecule has 0 aliphatic carbocycles. The molecule has 0 amide bonds. The molecular weight excluding hydrogens is 236 g/mol. The molecule has 0 saturated heterocycles. The van der Waals surface area contributed by atoms with Gasteiger partial charge in [-0.1, -0.05) is 12.1 Å². The monoisotopic (exact) mass is 252 g/mol. The first kappa shape index (κ1) is 12.9. The van der Waals surface area contributed by atoms with Crippen LogP contribution in [0.15, 0.2) is 36.4 Å². The molecule has 1 aromatic carbocycles. The highest BCUT2D eigenvalue weighted by Crippen LogP contribution is 2.21. The van der Waals surface area contributed by atoms with Gasteiger partial charge in [-0.15, -0.1) is 0 Å². The van der Waals surface area contributed by atoms with E-state index < -0.39 is 0 Å². The van der Waals surface area contributed by atoms with Crippen molar-refractivity contribution in [1.29, 1.82) is 5.26 Å². The van der Waals surface area contributed by atoms with Crippen LogP contribution in [0.1, 0.15) is 18.1 Å². The maximum absolute atomic E-state index is 8.93. The fraction of sp³-hybridized carbons (Fsp3) is 0.200. The number of nitrogens with zero attached hydrogens (tertiary/aromatic N) is 2. The second-order valence-electron chi connectivity index (χ2n) is 4.20. The van der Waals surface area contributed by atoms with E-state index in [1.165, 1.54) is 0 Å². The van der Waals surface area contributed by atoms with Gasteiger partial charge in [-0.25, -0.2) is 4.98 Å². The number of aryl methyl sites for hydroxylation is 1. The third-order valence-electron chi connectivity index (χ3n) is 2.74. The van der Waals surface area contributed by atoms with E-state index in [1.54, 1.807) is 0 Å². The summed E-state index contributed by atoms with van der Waals surface area (Å²) in [6.45, 7) is 4.86. The van der Waals surface area contributed by atoms with E-state index in [4.69, 9.17) is 5.26 Å². The minimum atomic E-state index is 0.635. The van der Waals surface area contributed by atoms with Gasteiger partial charge in [0.2, 0.25) is 0 Å². The molecule has 0 aliphatic heterocycles. The van der Waals surface area contributed by atoms with E-state index in [-0.39, 0.29) is 0 Å². The maximum Gasteiger partial charge on any atom is 0.132 e. The quantitative estimate of drug-likeness (QED) is 0.875. The van der Waals surface area contributed by atoms with Crippen LogP contribution in [0.2, 0.25) is 0 Å². The lowest BCUT2D eigenvalue weighted by Crippen LogP contribution is -2.02. The Balaban J connectivity index is 2.26. The number of anilines is 3. The Kier molecular flexibility index (Phi) is 3.99. The van der Waals surface area contributed by atoms with Gasteiger partial charge in [0.1, 0.15) is 11.6 Å². The van der Waals surface area contributed by atoms with Crippen LogP contribution in [0, 0.1) is 18.3 Å². The normalized spacial score (nSPS) is 9.74. The summed E-state index contributed by atoms with van der Waals surface area (Å²) in [6.07, 6.45) is 0. The first-order valence-electron chi connectivity index (χ1n) is 6.21. The van der Waals surface area contributed by atoms with E-state index >= 15 is 0 Å². The average molecular weight is 252 g/mol. The van der Waals surface area contributed by atoms with Crippen molar-refractivity contribution in [2.45, 2.75) is 13.8 Å². The highest BCUT2D eigenvalue weighted by atomic mass is 15.1. The molecule has 0 atom stereocenters. The lowest BCUT2D eigenvalue weighted by atomic mass is 10.1. The van der Waals surface area contributed by atoms with Gasteiger partial charge in [0, 0.05) is 12.2 Å². The first-order valence-corrected chi connectivity index (χ1v) is 6.21. The van der Waals surface area contributed by atoms with Crippen LogP contribution in [0.25, 0.3) is 0 Å². The molecule has 2 N–H and O–H groups in total. The van der Waals surface area contributed by atoms with E-state index in [0.29, 0.717) is 5.56 Å². The van der Waals surface area contributed by atoms with Crippen LogP contribution >= 0.6 is 0 Å². The number of nitriles is 1. The highest BCUT2D eigenvalue weighted by molar-refractivity contribution is 5.63. The second kappa shape index (κ2) is 5.87. The van der Waals surface area contributed by atoms with Crippen molar-refractivity contribution in [3.05, 3.63) is 47.5 Å². The molecule has 0 bridgehead atoms. The molecule has 4 nitrogen and oxygen atoms in total. The predicted octanol–water partition coefficient (Wildman–Crippen LogP) is 3.44. The number of pyridine rings is 1. The van der Waals surface area contributed by atoms with Crippen LogP contribution in [0.4, 0.5) is 17.3 Å². The van der Waals surface area contributed by atoms with Crippen molar-refractivity contribution in [3.8, 4) is 6.07 Å². The van der Waals surface area contributed by atoms with Crippen molar-refractivity contribution in [2.24, 2.45) is 0 Å². The van der Waals surface area contributed by atoms with Crippen LogP contribution in [0.3, 0.4) is 0 Å². The van der Waals surface area contributed by atoms with Crippen LogP contribution in [0.5, 0.6) is 0 Å². The minimum absolute atomic E-state index is 0.635. The molecule has 0 unspecified atom stereocenters. The SMILES string of the molecule is CCNc1cccc(Nc2cc(C#N)ccc2C)n1. The Morgan fingerprint density at radius 3 is 2.74 bits per heavy atom. The Labute approximate surface area is 113 Å². The highest BCUT2D eigenvalue weighted by Gasteiger charge is 2.02. The summed E-state index contributed by atoms with van der Waals surface area (Å²) in [5.41, 5.74) is 2.62. The molecule has 0 aliphatic rings. The molecule has 1 aromatic heterocycles. The zero-order valence-electron chi connectivity index (χ0n) is 11.1. The maximum atomic E-state index is 8.93. The summed E-state index contributed by atoms with van der Waals surface area (Å²) in [5.74, 6) is 1.60. The van der Waals surface area contributed by atoms with Gasteiger partial charge < -0.3 is 10.6 Å². The average Bonchev–Trinajstić information content (AvgIpc) is 2.42. The summed E-state index contributed by atoms with van der Waals surface area (Å²) in [5, 5.41) is 15.3. The van der Waals surface area contributed by atoms with Gasteiger partial charge in [0.05, 0.1) is 11.6 Å². The standard InChI is InChI=1S/C15H16N4/c1-3-17-14-5-4-6-15(19-14)18-13-9-12(10-16)8-7-11(13)2/h4-9H,3H2,1-2H3,(H2,17,18,19). The Morgan fingerprint density at radius 2 is 2.00 bits per heavy atom. The zero-order chi connectivity index (χ0) is 13.7.